The number of fused-ring (bicyclic) bond motifs is 1. The molecule has 1 aromatic carbocycles. The summed E-state index contributed by atoms with van der Waals surface area (Å²) in [5, 5.41) is 8.94. The molecule has 0 radical (unpaired) electrons. The molecule has 100 valence electrons. The maximum Gasteiger partial charge on any atom is 0.323 e. The van der Waals surface area contributed by atoms with Crippen LogP contribution in [0.3, 0.4) is 0 Å². The minimum atomic E-state index is -0.842. The Labute approximate surface area is 111 Å². The largest absolute Gasteiger partial charge is 0.480 e. The number of hydrogen-bond donors (Lipinski definition) is 1. The van der Waals surface area contributed by atoms with Crippen LogP contribution in [0.15, 0.2) is 18.2 Å². The van der Waals surface area contributed by atoms with Gasteiger partial charge in [-0.05, 0) is 38.0 Å². The molecule has 0 aliphatic carbocycles. The first-order valence-corrected chi connectivity index (χ1v) is 6.59. The monoisotopic (exact) mass is 259 g/mol. The van der Waals surface area contributed by atoms with Gasteiger partial charge in [-0.15, -0.1) is 0 Å². The molecule has 1 saturated heterocycles. The summed E-state index contributed by atoms with van der Waals surface area (Å²) in [6.45, 7) is 4.00. The van der Waals surface area contributed by atoms with Gasteiger partial charge in [0.1, 0.15) is 12.4 Å². The second kappa shape index (κ2) is 4.57. The van der Waals surface area contributed by atoms with E-state index in [0.717, 1.165) is 29.9 Å². The van der Waals surface area contributed by atoms with Gasteiger partial charge >= 0.3 is 5.97 Å². The quantitative estimate of drug-likeness (QED) is 0.916. The Morgan fingerprint density at radius 2 is 2.11 bits per heavy atom. The van der Waals surface area contributed by atoms with Crippen LogP contribution in [-0.2, 0) is 11.3 Å². The molecule has 1 aliphatic rings. The van der Waals surface area contributed by atoms with Crippen molar-refractivity contribution in [3.63, 3.8) is 0 Å². The average Bonchev–Trinajstić information content (AvgIpc) is 2.97. The van der Waals surface area contributed by atoms with Crippen molar-refractivity contribution in [2.75, 3.05) is 18.0 Å². The fraction of sp³-hybridized carbons (Fsp3) is 0.429. The van der Waals surface area contributed by atoms with Gasteiger partial charge in [0.15, 0.2) is 0 Å². The normalized spacial score (nSPS) is 15.3. The van der Waals surface area contributed by atoms with Gasteiger partial charge in [-0.3, -0.25) is 4.79 Å². The number of anilines is 1. The summed E-state index contributed by atoms with van der Waals surface area (Å²) in [4.78, 5) is 17.7. The standard InChI is InChI=1S/C14H17N3O2/c1-10-15-12-8-11(16-6-2-3-7-16)4-5-13(12)17(10)9-14(18)19/h4-5,8H,2-3,6-7,9H2,1H3,(H,18,19). The van der Waals surface area contributed by atoms with Gasteiger partial charge in [-0.2, -0.15) is 0 Å². The van der Waals surface area contributed by atoms with Crippen LogP contribution in [0, 0.1) is 6.92 Å². The van der Waals surface area contributed by atoms with Gasteiger partial charge in [0.25, 0.3) is 0 Å². The molecule has 5 heteroatoms. The zero-order valence-corrected chi connectivity index (χ0v) is 11.0. The number of carboxylic acids is 1. The van der Waals surface area contributed by atoms with Gasteiger partial charge in [0.05, 0.1) is 11.0 Å². The van der Waals surface area contributed by atoms with Gasteiger partial charge in [0.2, 0.25) is 0 Å². The van der Waals surface area contributed by atoms with Crippen molar-refractivity contribution in [2.24, 2.45) is 0 Å². The predicted molar refractivity (Wildman–Crippen MR) is 73.6 cm³/mol. The molecule has 0 amide bonds. The van der Waals surface area contributed by atoms with Crippen LogP contribution in [0.4, 0.5) is 5.69 Å². The van der Waals surface area contributed by atoms with Gasteiger partial charge < -0.3 is 14.6 Å². The molecule has 1 N–H and O–H groups in total. The van der Waals surface area contributed by atoms with E-state index < -0.39 is 5.97 Å². The van der Waals surface area contributed by atoms with E-state index >= 15 is 0 Å². The SMILES string of the molecule is Cc1nc2cc(N3CCCC3)ccc2n1CC(=O)O. The number of aliphatic carboxylic acids is 1. The molecule has 1 aliphatic heterocycles. The molecule has 19 heavy (non-hydrogen) atoms. The Bertz CT molecular complexity index is 627. The van der Waals surface area contributed by atoms with E-state index in [9.17, 15) is 4.79 Å². The van der Waals surface area contributed by atoms with Crippen molar-refractivity contribution < 1.29 is 9.90 Å². The summed E-state index contributed by atoms with van der Waals surface area (Å²) >= 11 is 0. The van der Waals surface area contributed by atoms with E-state index in [1.165, 1.54) is 18.5 Å². The number of carbonyl (C=O) groups is 1. The first-order valence-electron chi connectivity index (χ1n) is 6.59. The molecule has 2 aromatic rings. The molecular weight excluding hydrogens is 242 g/mol. The van der Waals surface area contributed by atoms with Crippen LogP contribution in [-0.4, -0.2) is 33.7 Å². The van der Waals surface area contributed by atoms with Crippen LogP contribution in [0.1, 0.15) is 18.7 Å². The lowest BCUT2D eigenvalue weighted by atomic mass is 10.2. The van der Waals surface area contributed by atoms with Crippen molar-refractivity contribution >= 4 is 22.7 Å². The summed E-state index contributed by atoms with van der Waals surface area (Å²) in [7, 11) is 0. The number of nitrogens with zero attached hydrogens (tertiary/aromatic N) is 3. The van der Waals surface area contributed by atoms with Crippen molar-refractivity contribution in [3.05, 3.63) is 24.0 Å². The summed E-state index contributed by atoms with van der Waals surface area (Å²) in [5.74, 6) is -0.0954. The summed E-state index contributed by atoms with van der Waals surface area (Å²) in [5.41, 5.74) is 2.95. The van der Waals surface area contributed by atoms with Gasteiger partial charge in [0, 0.05) is 18.8 Å². The molecule has 0 spiro atoms. The van der Waals surface area contributed by atoms with Gasteiger partial charge in [-0.25, -0.2) is 4.98 Å². The van der Waals surface area contributed by atoms with Crippen LogP contribution < -0.4 is 4.90 Å². The van der Waals surface area contributed by atoms with E-state index in [0.29, 0.717) is 0 Å². The number of rotatable bonds is 3. The lowest BCUT2D eigenvalue weighted by Crippen LogP contribution is -2.17. The highest BCUT2D eigenvalue weighted by Crippen LogP contribution is 2.25. The van der Waals surface area contributed by atoms with E-state index in [2.05, 4.69) is 22.0 Å². The highest BCUT2D eigenvalue weighted by molar-refractivity contribution is 5.82. The first-order chi connectivity index (χ1) is 9.15. The number of aromatic nitrogens is 2. The molecule has 0 unspecified atom stereocenters. The third-order valence-electron chi connectivity index (χ3n) is 3.69. The van der Waals surface area contributed by atoms with E-state index in [-0.39, 0.29) is 6.54 Å². The van der Waals surface area contributed by atoms with E-state index in [1.54, 1.807) is 4.57 Å². The van der Waals surface area contributed by atoms with E-state index in [4.69, 9.17) is 5.11 Å². The fourth-order valence-corrected chi connectivity index (χ4v) is 2.75. The number of hydrogen-bond acceptors (Lipinski definition) is 3. The Morgan fingerprint density at radius 3 is 2.79 bits per heavy atom. The molecule has 0 bridgehead atoms. The number of carboxylic acid groups (broad SMARTS) is 1. The zero-order valence-electron chi connectivity index (χ0n) is 11.0. The van der Waals surface area contributed by atoms with Crippen molar-refractivity contribution in [1.82, 2.24) is 9.55 Å². The van der Waals surface area contributed by atoms with Crippen molar-refractivity contribution in [2.45, 2.75) is 26.3 Å². The Kier molecular flexibility index (Phi) is 2.89. The lowest BCUT2D eigenvalue weighted by Gasteiger charge is -2.17. The number of aryl methyl sites for hydroxylation is 1. The molecular formula is C14H17N3O2. The van der Waals surface area contributed by atoms with Crippen LogP contribution in [0.2, 0.25) is 0 Å². The molecule has 3 rings (SSSR count). The molecule has 0 saturated carbocycles. The van der Waals surface area contributed by atoms with Crippen LogP contribution in [0.25, 0.3) is 11.0 Å². The molecule has 1 fully saturated rings. The lowest BCUT2D eigenvalue weighted by molar-refractivity contribution is -0.137. The predicted octanol–water partition coefficient (Wildman–Crippen LogP) is 2.03. The Morgan fingerprint density at radius 1 is 1.37 bits per heavy atom. The van der Waals surface area contributed by atoms with Crippen molar-refractivity contribution in [1.29, 1.82) is 0 Å². The summed E-state index contributed by atoms with van der Waals surface area (Å²) in [6.07, 6.45) is 2.48. The smallest absolute Gasteiger partial charge is 0.323 e. The second-order valence-electron chi connectivity index (χ2n) is 5.01. The van der Waals surface area contributed by atoms with Crippen LogP contribution in [0.5, 0.6) is 0 Å². The first kappa shape index (κ1) is 12.0. The topological polar surface area (TPSA) is 58.4 Å². The average molecular weight is 259 g/mol. The van der Waals surface area contributed by atoms with E-state index in [1.807, 2.05) is 13.0 Å². The van der Waals surface area contributed by atoms with Gasteiger partial charge in [-0.1, -0.05) is 0 Å². The molecule has 1 aromatic heterocycles. The number of benzene rings is 1. The zero-order chi connectivity index (χ0) is 13.4. The minimum Gasteiger partial charge on any atom is -0.480 e. The van der Waals surface area contributed by atoms with Crippen molar-refractivity contribution in [3.8, 4) is 0 Å². The molecule has 2 heterocycles. The Hall–Kier alpha value is -2.04. The fourth-order valence-electron chi connectivity index (χ4n) is 2.75. The highest BCUT2D eigenvalue weighted by atomic mass is 16.4. The highest BCUT2D eigenvalue weighted by Gasteiger charge is 2.15. The minimum absolute atomic E-state index is 0.0363. The summed E-state index contributed by atoms with van der Waals surface area (Å²) in [6, 6.07) is 6.10. The summed E-state index contributed by atoms with van der Waals surface area (Å²) < 4.78 is 1.74. The third-order valence-corrected chi connectivity index (χ3v) is 3.69. The maximum atomic E-state index is 10.9. The number of imidazole rings is 1. The molecule has 0 atom stereocenters. The second-order valence-corrected chi connectivity index (χ2v) is 5.01. The Balaban J connectivity index is 2.02. The molecule has 5 nitrogen and oxygen atoms in total. The maximum absolute atomic E-state index is 10.9. The van der Waals surface area contributed by atoms with Crippen LogP contribution >= 0.6 is 0 Å². The third kappa shape index (κ3) is 2.16.